The summed E-state index contributed by atoms with van der Waals surface area (Å²) in [5.41, 5.74) is 1.36. The van der Waals surface area contributed by atoms with Crippen molar-refractivity contribution in [2.45, 2.75) is 57.4 Å². The van der Waals surface area contributed by atoms with E-state index < -0.39 is 0 Å². The number of likely N-dealkylation sites (tertiary alicyclic amines) is 1. The molecule has 1 unspecified atom stereocenters. The molecule has 0 bridgehead atoms. The third kappa shape index (κ3) is 3.05. The van der Waals surface area contributed by atoms with Crippen molar-refractivity contribution in [1.82, 2.24) is 4.90 Å². The van der Waals surface area contributed by atoms with Crippen LogP contribution >= 0.6 is 0 Å². The molecule has 108 valence electrons. The average Bonchev–Trinajstić information content (AvgIpc) is 2.88. The maximum Gasteiger partial charge on any atom is 0.226 e. The van der Waals surface area contributed by atoms with Crippen molar-refractivity contribution in [3.63, 3.8) is 0 Å². The van der Waals surface area contributed by atoms with E-state index in [1.165, 1.54) is 37.7 Å². The van der Waals surface area contributed by atoms with Crippen molar-refractivity contribution in [1.29, 1.82) is 0 Å². The number of rotatable bonds is 4. The molecule has 2 fully saturated rings. The topological polar surface area (TPSA) is 20.3 Å². The third-order valence-electron chi connectivity index (χ3n) is 4.99. The molecule has 1 aliphatic carbocycles. The number of benzene rings is 1. The Morgan fingerprint density at radius 3 is 2.50 bits per heavy atom. The van der Waals surface area contributed by atoms with Crippen LogP contribution < -0.4 is 0 Å². The van der Waals surface area contributed by atoms with Crippen LogP contribution in [0.1, 0.15) is 50.5 Å². The van der Waals surface area contributed by atoms with Gasteiger partial charge >= 0.3 is 0 Å². The number of hydrogen-bond donors (Lipinski definition) is 0. The Balaban J connectivity index is 1.53. The summed E-state index contributed by atoms with van der Waals surface area (Å²) >= 11 is 0. The van der Waals surface area contributed by atoms with Crippen LogP contribution in [0, 0.1) is 5.92 Å². The van der Waals surface area contributed by atoms with Crippen molar-refractivity contribution in [2.24, 2.45) is 5.92 Å². The molecule has 1 saturated carbocycles. The molecule has 0 spiro atoms. The molecule has 1 heterocycles. The molecule has 3 rings (SSSR count). The van der Waals surface area contributed by atoms with Crippen LogP contribution in [0.3, 0.4) is 0 Å². The van der Waals surface area contributed by atoms with Gasteiger partial charge in [-0.15, -0.1) is 0 Å². The molecule has 1 aliphatic heterocycles. The zero-order chi connectivity index (χ0) is 13.8. The molecule has 0 radical (unpaired) electrons. The molecule has 1 saturated heterocycles. The smallest absolute Gasteiger partial charge is 0.226 e. The lowest BCUT2D eigenvalue weighted by Crippen LogP contribution is -2.38. The van der Waals surface area contributed by atoms with E-state index in [1.54, 1.807) is 0 Å². The van der Waals surface area contributed by atoms with Crippen LogP contribution in [0.25, 0.3) is 0 Å². The molecule has 0 N–H and O–H groups in total. The third-order valence-corrected chi connectivity index (χ3v) is 4.99. The first kappa shape index (κ1) is 13.7. The highest BCUT2D eigenvalue weighted by molar-refractivity contribution is 5.81. The summed E-state index contributed by atoms with van der Waals surface area (Å²) < 4.78 is 0. The number of carbonyl (C=O) groups excluding carboxylic acids is 1. The summed E-state index contributed by atoms with van der Waals surface area (Å²) in [6, 6.07) is 11.1. The van der Waals surface area contributed by atoms with Gasteiger partial charge in [0.25, 0.3) is 0 Å². The normalized spacial score (nSPS) is 24.3. The SMILES string of the molecule is O=C1C(CCc2ccccc2)CCN1C1CCCCC1. The molecule has 1 aromatic rings. The molecule has 1 atom stereocenters. The lowest BCUT2D eigenvalue weighted by molar-refractivity contribution is -0.133. The maximum absolute atomic E-state index is 12.6. The van der Waals surface area contributed by atoms with E-state index in [4.69, 9.17) is 0 Å². The average molecular weight is 271 g/mol. The second kappa shape index (κ2) is 6.43. The molecule has 2 aliphatic rings. The summed E-state index contributed by atoms with van der Waals surface area (Å²) in [5.74, 6) is 0.713. The van der Waals surface area contributed by atoms with Crippen molar-refractivity contribution < 1.29 is 4.79 Å². The van der Waals surface area contributed by atoms with Crippen molar-refractivity contribution in [3.05, 3.63) is 35.9 Å². The Kier molecular flexibility index (Phi) is 4.39. The van der Waals surface area contributed by atoms with Crippen LogP contribution in [0.4, 0.5) is 0 Å². The van der Waals surface area contributed by atoms with Gasteiger partial charge in [-0.3, -0.25) is 4.79 Å². The first-order valence-corrected chi connectivity index (χ1v) is 8.19. The Labute approximate surface area is 122 Å². The van der Waals surface area contributed by atoms with Gasteiger partial charge in [0.05, 0.1) is 0 Å². The van der Waals surface area contributed by atoms with Gasteiger partial charge in [-0.2, -0.15) is 0 Å². The van der Waals surface area contributed by atoms with Gasteiger partial charge in [0.15, 0.2) is 0 Å². The lowest BCUT2D eigenvalue weighted by atomic mass is 9.94. The molecule has 1 aromatic carbocycles. The predicted molar refractivity (Wildman–Crippen MR) is 81.5 cm³/mol. The van der Waals surface area contributed by atoms with E-state index >= 15 is 0 Å². The van der Waals surface area contributed by atoms with Crippen LogP contribution in [0.2, 0.25) is 0 Å². The molecule has 0 aromatic heterocycles. The molecule has 2 nitrogen and oxygen atoms in total. The van der Waals surface area contributed by atoms with Crippen molar-refractivity contribution in [3.8, 4) is 0 Å². The number of carbonyl (C=O) groups is 1. The fraction of sp³-hybridized carbons (Fsp3) is 0.611. The minimum Gasteiger partial charge on any atom is -0.339 e. The fourth-order valence-electron chi connectivity index (χ4n) is 3.77. The Morgan fingerprint density at radius 1 is 1.00 bits per heavy atom. The number of aryl methyl sites for hydroxylation is 1. The van der Waals surface area contributed by atoms with Crippen molar-refractivity contribution in [2.75, 3.05) is 6.54 Å². The summed E-state index contributed by atoms with van der Waals surface area (Å²) in [6.07, 6.45) is 9.57. The number of hydrogen-bond acceptors (Lipinski definition) is 1. The van der Waals surface area contributed by atoms with E-state index in [2.05, 4.69) is 35.2 Å². The molecular formula is C18H25NO. The number of nitrogens with zero attached hydrogens (tertiary/aromatic N) is 1. The Hall–Kier alpha value is -1.31. The zero-order valence-corrected chi connectivity index (χ0v) is 12.3. The molecular weight excluding hydrogens is 246 g/mol. The minimum absolute atomic E-state index is 0.275. The summed E-state index contributed by atoms with van der Waals surface area (Å²) in [5, 5.41) is 0. The summed E-state index contributed by atoms with van der Waals surface area (Å²) in [4.78, 5) is 14.8. The molecule has 20 heavy (non-hydrogen) atoms. The second-order valence-corrected chi connectivity index (χ2v) is 6.33. The van der Waals surface area contributed by atoms with Crippen LogP contribution in [0.5, 0.6) is 0 Å². The first-order chi connectivity index (χ1) is 9.84. The first-order valence-electron chi connectivity index (χ1n) is 8.19. The fourth-order valence-corrected chi connectivity index (χ4v) is 3.77. The highest BCUT2D eigenvalue weighted by atomic mass is 16.2. The minimum atomic E-state index is 0.275. The van der Waals surface area contributed by atoms with E-state index in [9.17, 15) is 4.79 Å². The summed E-state index contributed by atoms with van der Waals surface area (Å²) in [6.45, 7) is 1.00. The van der Waals surface area contributed by atoms with E-state index in [0.29, 0.717) is 11.9 Å². The highest BCUT2D eigenvalue weighted by Crippen LogP contribution is 2.30. The maximum atomic E-state index is 12.6. The lowest BCUT2D eigenvalue weighted by Gasteiger charge is -2.31. The van der Waals surface area contributed by atoms with Crippen LogP contribution in [0.15, 0.2) is 30.3 Å². The van der Waals surface area contributed by atoms with Gasteiger partial charge in [0.2, 0.25) is 5.91 Å². The van der Waals surface area contributed by atoms with Crippen LogP contribution in [-0.4, -0.2) is 23.4 Å². The van der Waals surface area contributed by atoms with E-state index in [0.717, 1.165) is 25.8 Å². The van der Waals surface area contributed by atoms with Gasteiger partial charge < -0.3 is 4.90 Å². The van der Waals surface area contributed by atoms with Gasteiger partial charge in [-0.1, -0.05) is 49.6 Å². The zero-order valence-electron chi connectivity index (χ0n) is 12.3. The van der Waals surface area contributed by atoms with Gasteiger partial charge in [-0.25, -0.2) is 0 Å². The molecule has 2 heteroatoms. The monoisotopic (exact) mass is 271 g/mol. The number of amides is 1. The predicted octanol–water partition coefficient (Wildman–Crippen LogP) is 3.80. The van der Waals surface area contributed by atoms with E-state index in [1.807, 2.05) is 0 Å². The Morgan fingerprint density at radius 2 is 1.75 bits per heavy atom. The van der Waals surface area contributed by atoms with Gasteiger partial charge in [-0.05, 0) is 37.7 Å². The Bertz CT molecular complexity index is 436. The van der Waals surface area contributed by atoms with Crippen LogP contribution in [-0.2, 0) is 11.2 Å². The van der Waals surface area contributed by atoms with E-state index in [-0.39, 0.29) is 5.92 Å². The molecule has 1 amide bonds. The van der Waals surface area contributed by atoms with Gasteiger partial charge in [0.1, 0.15) is 0 Å². The largest absolute Gasteiger partial charge is 0.339 e. The van der Waals surface area contributed by atoms with Crippen molar-refractivity contribution >= 4 is 5.91 Å². The quantitative estimate of drug-likeness (QED) is 0.815. The second-order valence-electron chi connectivity index (χ2n) is 6.33. The standard InChI is InChI=1S/C18H25NO/c20-18-16(12-11-15-7-3-1-4-8-15)13-14-19(18)17-9-5-2-6-10-17/h1,3-4,7-8,16-17H,2,5-6,9-14H2. The highest BCUT2D eigenvalue weighted by Gasteiger charge is 2.35. The summed E-state index contributed by atoms with van der Waals surface area (Å²) in [7, 11) is 0. The van der Waals surface area contributed by atoms with Gasteiger partial charge in [0, 0.05) is 18.5 Å².